The average molecular weight is 519 g/mol. The summed E-state index contributed by atoms with van der Waals surface area (Å²) in [6, 6.07) is 5.27. The number of amides is 4. The highest BCUT2D eigenvalue weighted by atomic mass is 16.6. The second-order valence-electron chi connectivity index (χ2n) is 10.5. The monoisotopic (exact) mass is 518 g/mol. The Morgan fingerprint density at radius 1 is 1.00 bits per heavy atom. The molecule has 37 heavy (non-hydrogen) atoms. The van der Waals surface area contributed by atoms with Gasteiger partial charge in [0.25, 0.3) is 0 Å². The summed E-state index contributed by atoms with van der Waals surface area (Å²) in [5, 5.41) is 5.54. The Morgan fingerprint density at radius 3 is 2.11 bits per heavy atom. The number of hydrogen-bond donors (Lipinski definition) is 3. The van der Waals surface area contributed by atoms with Gasteiger partial charge in [0.05, 0.1) is 6.42 Å². The normalized spacial score (nSPS) is 13.7. The Labute approximate surface area is 221 Å². The highest BCUT2D eigenvalue weighted by Crippen LogP contribution is 2.25. The number of nitrogens with zero attached hydrogens (tertiary/aromatic N) is 1. The Balaban J connectivity index is 3.49. The van der Waals surface area contributed by atoms with Crippen molar-refractivity contribution in [2.45, 2.75) is 111 Å². The molecule has 0 aliphatic heterocycles. The molecule has 1 rings (SSSR count). The zero-order valence-corrected chi connectivity index (χ0v) is 23.6. The third kappa shape index (κ3) is 11.2. The van der Waals surface area contributed by atoms with Gasteiger partial charge in [-0.15, -0.1) is 0 Å². The van der Waals surface area contributed by atoms with E-state index in [2.05, 4.69) is 10.6 Å². The molecule has 3 unspecified atom stereocenters. The van der Waals surface area contributed by atoms with E-state index in [1.807, 2.05) is 52.0 Å². The van der Waals surface area contributed by atoms with E-state index in [4.69, 9.17) is 10.5 Å². The van der Waals surface area contributed by atoms with Crippen LogP contribution in [0, 0.1) is 0 Å². The van der Waals surface area contributed by atoms with Crippen LogP contribution >= 0.6 is 0 Å². The fourth-order valence-electron chi connectivity index (χ4n) is 3.98. The van der Waals surface area contributed by atoms with Crippen LogP contribution in [0.15, 0.2) is 24.3 Å². The molecule has 0 aliphatic carbocycles. The first-order valence-electron chi connectivity index (χ1n) is 13.3. The summed E-state index contributed by atoms with van der Waals surface area (Å²) >= 11 is 0. The summed E-state index contributed by atoms with van der Waals surface area (Å²) in [6.07, 6.45) is 2.67. The van der Waals surface area contributed by atoms with Crippen molar-refractivity contribution >= 4 is 23.8 Å². The number of nitrogens with one attached hydrogen (secondary N) is 2. The fraction of sp³-hybridized carbons (Fsp3) is 0.643. The molecule has 0 heterocycles. The summed E-state index contributed by atoms with van der Waals surface area (Å²) in [4.78, 5) is 53.4. The summed E-state index contributed by atoms with van der Waals surface area (Å²) < 4.78 is 5.31. The summed E-state index contributed by atoms with van der Waals surface area (Å²) in [7, 11) is 0. The largest absolute Gasteiger partial charge is 0.444 e. The zero-order valence-electron chi connectivity index (χ0n) is 23.6. The van der Waals surface area contributed by atoms with Crippen LogP contribution in [0.3, 0.4) is 0 Å². The number of aryl methyl sites for hydroxylation is 1. The predicted molar refractivity (Wildman–Crippen MR) is 145 cm³/mol. The Kier molecular flexibility index (Phi) is 13.1. The van der Waals surface area contributed by atoms with Crippen molar-refractivity contribution in [3.8, 4) is 0 Å². The van der Waals surface area contributed by atoms with Gasteiger partial charge in [0.1, 0.15) is 17.7 Å². The quantitative estimate of drug-likeness (QED) is 0.343. The molecule has 1 aromatic carbocycles. The van der Waals surface area contributed by atoms with E-state index in [-0.39, 0.29) is 18.5 Å². The van der Waals surface area contributed by atoms with Crippen LogP contribution in [0.25, 0.3) is 0 Å². The number of rotatable bonds is 14. The fourth-order valence-corrected chi connectivity index (χ4v) is 3.98. The van der Waals surface area contributed by atoms with Crippen LogP contribution in [0.1, 0.15) is 97.7 Å². The molecule has 0 radical (unpaired) electrons. The summed E-state index contributed by atoms with van der Waals surface area (Å²) in [5.74, 6) is -1.64. The number of benzene rings is 1. The van der Waals surface area contributed by atoms with Crippen molar-refractivity contribution in [1.29, 1.82) is 0 Å². The van der Waals surface area contributed by atoms with Crippen LogP contribution < -0.4 is 16.4 Å². The van der Waals surface area contributed by atoms with E-state index in [0.717, 1.165) is 31.2 Å². The molecule has 0 saturated carbocycles. The van der Waals surface area contributed by atoms with E-state index >= 15 is 0 Å². The van der Waals surface area contributed by atoms with Crippen LogP contribution in [0.5, 0.6) is 0 Å². The molecule has 0 saturated heterocycles. The van der Waals surface area contributed by atoms with Crippen LogP contribution in [0.2, 0.25) is 0 Å². The number of primary amides is 1. The molecule has 0 aliphatic rings. The van der Waals surface area contributed by atoms with Crippen LogP contribution in [0.4, 0.5) is 4.79 Å². The molecular weight excluding hydrogens is 472 g/mol. The predicted octanol–water partition coefficient (Wildman–Crippen LogP) is 3.99. The number of ether oxygens (including phenoxy) is 1. The lowest BCUT2D eigenvalue weighted by molar-refractivity contribution is -0.143. The number of hydrogen-bond acceptors (Lipinski definition) is 5. The smallest absolute Gasteiger partial charge is 0.408 e. The van der Waals surface area contributed by atoms with Crippen LogP contribution in [-0.4, -0.2) is 52.9 Å². The Morgan fingerprint density at radius 2 is 1.62 bits per heavy atom. The van der Waals surface area contributed by atoms with Gasteiger partial charge < -0.3 is 26.0 Å². The van der Waals surface area contributed by atoms with Gasteiger partial charge in [-0.1, -0.05) is 57.9 Å². The average Bonchev–Trinajstić information content (AvgIpc) is 2.79. The van der Waals surface area contributed by atoms with Crippen molar-refractivity contribution < 1.29 is 23.9 Å². The molecule has 1 aromatic rings. The molecule has 3 atom stereocenters. The van der Waals surface area contributed by atoms with Crippen molar-refractivity contribution in [2.75, 3.05) is 6.54 Å². The number of alkyl carbamates (subject to hydrolysis) is 1. The third-order valence-electron chi connectivity index (χ3n) is 5.80. The minimum atomic E-state index is -1.28. The Hall–Kier alpha value is -3.10. The van der Waals surface area contributed by atoms with E-state index in [9.17, 15) is 19.2 Å². The molecule has 4 amide bonds. The highest BCUT2D eigenvalue weighted by Gasteiger charge is 2.37. The summed E-state index contributed by atoms with van der Waals surface area (Å²) in [6.45, 7) is 13.3. The number of nitrogens with two attached hydrogens (primary N) is 1. The number of carbonyl (C=O) groups excluding carboxylic acids is 4. The standard InChI is InChI=1S/C28H46N4O5/c1-8-11-17-32(26(35)22(18-23(29)33)31-27(36)37-28(5,6)7)24(25(34)30-19(4)12-9-2)21-15-13-20(10-3)14-16-21/h13-16,19,22,24H,8-12,17-18H2,1-7H3,(H2,29,33)(H,30,34)(H,31,36). The molecule has 0 bridgehead atoms. The van der Waals surface area contributed by atoms with E-state index in [1.165, 1.54) is 4.90 Å². The van der Waals surface area contributed by atoms with Gasteiger partial charge in [0.2, 0.25) is 17.7 Å². The van der Waals surface area contributed by atoms with E-state index in [1.54, 1.807) is 20.8 Å². The van der Waals surface area contributed by atoms with Crippen molar-refractivity contribution in [2.24, 2.45) is 5.73 Å². The maximum absolute atomic E-state index is 13.9. The van der Waals surface area contributed by atoms with Gasteiger partial charge in [-0.25, -0.2) is 4.79 Å². The van der Waals surface area contributed by atoms with E-state index in [0.29, 0.717) is 12.0 Å². The number of unbranched alkanes of at least 4 members (excludes halogenated alkanes) is 1. The molecule has 9 nitrogen and oxygen atoms in total. The van der Waals surface area contributed by atoms with Gasteiger partial charge in [-0.2, -0.15) is 0 Å². The van der Waals surface area contributed by atoms with Gasteiger partial charge in [0.15, 0.2) is 0 Å². The lowest BCUT2D eigenvalue weighted by Crippen LogP contribution is -2.54. The van der Waals surface area contributed by atoms with Gasteiger partial charge in [-0.3, -0.25) is 14.4 Å². The van der Waals surface area contributed by atoms with Crippen molar-refractivity contribution in [3.63, 3.8) is 0 Å². The lowest BCUT2D eigenvalue weighted by atomic mass is 9.99. The first-order chi connectivity index (χ1) is 17.3. The number of carbonyl (C=O) groups is 4. The van der Waals surface area contributed by atoms with Gasteiger partial charge in [0, 0.05) is 12.6 Å². The molecule has 0 spiro atoms. The molecular formula is C28H46N4O5. The first-order valence-corrected chi connectivity index (χ1v) is 13.3. The maximum Gasteiger partial charge on any atom is 0.408 e. The SMILES string of the molecule is CCCCN(C(=O)C(CC(N)=O)NC(=O)OC(C)(C)C)C(C(=O)NC(C)CCC)c1ccc(CC)cc1. The molecule has 9 heteroatoms. The Bertz CT molecular complexity index is 895. The van der Waals surface area contributed by atoms with Gasteiger partial charge >= 0.3 is 6.09 Å². The first kappa shape index (κ1) is 31.9. The lowest BCUT2D eigenvalue weighted by Gasteiger charge is -2.35. The minimum Gasteiger partial charge on any atom is -0.444 e. The molecule has 4 N–H and O–H groups in total. The maximum atomic E-state index is 13.9. The highest BCUT2D eigenvalue weighted by molar-refractivity contribution is 5.94. The molecule has 208 valence electrons. The molecule has 0 fully saturated rings. The van der Waals surface area contributed by atoms with Gasteiger partial charge in [-0.05, 0) is 58.1 Å². The molecule has 0 aromatic heterocycles. The second kappa shape index (κ2) is 15.2. The zero-order chi connectivity index (χ0) is 28.2. The topological polar surface area (TPSA) is 131 Å². The second-order valence-corrected chi connectivity index (χ2v) is 10.5. The van der Waals surface area contributed by atoms with E-state index < -0.39 is 42.0 Å². The third-order valence-corrected chi connectivity index (χ3v) is 5.80. The van der Waals surface area contributed by atoms with Crippen molar-refractivity contribution in [1.82, 2.24) is 15.5 Å². The van der Waals surface area contributed by atoms with Crippen LogP contribution in [-0.2, 0) is 25.5 Å². The minimum absolute atomic E-state index is 0.0839. The van der Waals surface area contributed by atoms with Crippen molar-refractivity contribution in [3.05, 3.63) is 35.4 Å². The summed E-state index contributed by atoms with van der Waals surface area (Å²) in [5.41, 5.74) is 6.39.